The van der Waals surface area contributed by atoms with Crippen molar-refractivity contribution in [1.82, 2.24) is 20.1 Å². The molecule has 0 spiro atoms. The minimum atomic E-state index is -0.982. The van der Waals surface area contributed by atoms with E-state index in [0.29, 0.717) is 44.5 Å². The molecule has 2 aromatic rings. The number of aromatic nitrogens is 1. The molecule has 2 aliphatic heterocycles. The van der Waals surface area contributed by atoms with Gasteiger partial charge in [0.1, 0.15) is 11.3 Å². The number of amides is 4. The fourth-order valence-corrected chi connectivity index (χ4v) is 4.61. The number of nitrogens with one attached hydrogen (secondary N) is 2. The van der Waals surface area contributed by atoms with Crippen LogP contribution in [0.1, 0.15) is 35.7 Å². The van der Waals surface area contributed by atoms with E-state index < -0.39 is 5.54 Å². The fraction of sp³-hybridized carbons (Fsp3) is 0.417. The second kappa shape index (κ2) is 9.09. The molecule has 1 aromatic heterocycles. The van der Waals surface area contributed by atoms with Gasteiger partial charge in [0.25, 0.3) is 11.8 Å². The van der Waals surface area contributed by atoms with E-state index in [0.717, 1.165) is 11.3 Å². The first-order chi connectivity index (χ1) is 15.8. The van der Waals surface area contributed by atoms with Gasteiger partial charge in [-0.3, -0.25) is 19.3 Å². The topological polar surface area (TPSA) is 112 Å². The van der Waals surface area contributed by atoms with Crippen LogP contribution in [0.2, 0.25) is 0 Å². The van der Waals surface area contributed by atoms with Crippen LogP contribution in [-0.4, -0.2) is 64.9 Å². The third-order valence-electron chi connectivity index (χ3n) is 6.71. The van der Waals surface area contributed by atoms with Gasteiger partial charge in [-0.1, -0.05) is 12.1 Å². The zero-order chi connectivity index (χ0) is 23.6. The van der Waals surface area contributed by atoms with Crippen molar-refractivity contribution < 1.29 is 19.1 Å². The van der Waals surface area contributed by atoms with Crippen LogP contribution in [0.15, 0.2) is 47.4 Å². The quantitative estimate of drug-likeness (QED) is 0.649. The molecule has 2 aliphatic rings. The summed E-state index contributed by atoms with van der Waals surface area (Å²) in [5.41, 5.74) is 0.197. The average Bonchev–Trinajstić information content (AvgIpc) is 3.06. The van der Waals surface area contributed by atoms with Gasteiger partial charge in [-0.15, -0.1) is 0 Å². The highest BCUT2D eigenvalue weighted by Crippen LogP contribution is 2.34. The fourth-order valence-electron chi connectivity index (χ4n) is 4.61. The Labute approximate surface area is 191 Å². The summed E-state index contributed by atoms with van der Waals surface area (Å²) in [6.07, 6.45) is 3.18. The van der Waals surface area contributed by atoms with Gasteiger partial charge in [-0.25, -0.2) is 4.79 Å². The molecule has 0 bridgehead atoms. The second-order valence-electron chi connectivity index (χ2n) is 8.70. The van der Waals surface area contributed by atoms with Crippen molar-refractivity contribution in [2.75, 3.05) is 26.7 Å². The number of rotatable bonds is 6. The lowest BCUT2D eigenvalue weighted by Crippen LogP contribution is -2.54. The van der Waals surface area contributed by atoms with E-state index in [1.54, 1.807) is 18.9 Å². The number of H-pyrrole nitrogens is 1. The number of imide groups is 1. The zero-order valence-electron chi connectivity index (χ0n) is 18.8. The standard InChI is InChI=1S/C24H28N4O5/c1-24(18-10-12-27(13-11-18)21(30)17-5-8-20(29)25-15-17)22(31)28(23(32)26-24)14-9-16-3-6-19(33-2)7-4-16/h3-8,15,18H,9-14H2,1-2H3,(H,25,29)(H,26,32). The van der Waals surface area contributed by atoms with E-state index in [1.165, 1.54) is 23.2 Å². The van der Waals surface area contributed by atoms with E-state index in [2.05, 4.69) is 10.3 Å². The van der Waals surface area contributed by atoms with E-state index in [9.17, 15) is 19.2 Å². The lowest BCUT2D eigenvalue weighted by molar-refractivity contribution is -0.133. The Morgan fingerprint density at radius 2 is 1.79 bits per heavy atom. The Kier molecular flexibility index (Phi) is 6.22. The summed E-state index contributed by atoms with van der Waals surface area (Å²) in [5.74, 6) is 0.315. The molecule has 33 heavy (non-hydrogen) atoms. The maximum atomic E-state index is 13.2. The number of urea groups is 1. The molecule has 1 aromatic carbocycles. The molecule has 1 atom stereocenters. The summed E-state index contributed by atoms with van der Waals surface area (Å²) in [6, 6.07) is 10.0. The van der Waals surface area contributed by atoms with Gasteiger partial charge in [0.15, 0.2) is 0 Å². The molecule has 1 unspecified atom stereocenters. The molecule has 0 saturated carbocycles. The third kappa shape index (κ3) is 4.48. The molecule has 4 rings (SSSR count). The van der Waals surface area contributed by atoms with E-state index in [-0.39, 0.29) is 29.3 Å². The molecule has 0 radical (unpaired) electrons. The monoisotopic (exact) mass is 452 g/mol. The molecule has 0 aliphatic carbocycles. The van der Waals surface area contributed by atoms with Crippen molar-refractivity contribution >= 4 is 17.8 Å². The van der Waals surface area contributed by atoms with Crippen LogP contribution >= 0.6 is 0 Å². The predicted molar refractivity (Wildman–Crippen MR) is 121 cm³/mol. The van der Waals surface area contributed by atoms with Gasteiger partial charge in [0.05, 0.1) is 12.7 Å². The van der Waals surface area contributed by atoms with Crippen molar-refractivity contribution in [3.8, 4) is 5.75 Å². The number of pyridine rings is 1. The summed E-state index contributed by atoms with van der Waals surface area (Å²) in [6.45, 7) is 3.04. The summed E-state index contributed by atoms with van der Waals surface area (Å²) in [7, 11) is 1.60. The SMILES string of the molecule is COc1ccc(CCN2C(=O)NC(C)(C3CCN(C(=O)c4ccc(=O)[nH]c4)CC3)C2=O)cc1. The Morgan fingerprint density at radius 3 is 2.39 bits per heavy atom. The molecule has 2 fully saturated rings. The van der Waals surface area contributed by atoms with E-state index in [4.69, 9.17) is 4.74 Å². The van der Waals surface area contributed by atoms with Gasteiger partial charge < -0.3 is 19.9 Å². The van der Waals surface area contributed by atoms with Gasteiger partial charge in [-0.2, -0.15) is 0 Å². The first kappa shape index (κ1) is 22.6. The number of carbonyl (C=O) groups excluding carboxylic acids is 3. The van der Waals surface area contributed by atoms with Crippen molar-refractivity contribution in [2.24, 2.45) is 5.92 Å². The number of methoxy groups -OCH3 is 1. The van der Waals surface area contributed by atoms with Crippen molar-refractivity contribution in [3.05, 3.63) is 64.1 Å². The second-order valence-corrected chi connectivity index (χ2v) is 8.70. The van der Waals surface area contributed by atoms with E-state index >= 15 is 0 Å². The van der Waals surface area contributed by atoms with Crippen LogP contribution in [0.4, 0.5) is 4.79 Å². The van der Waals surface area contributed by atoms with E-state index in [1.807, 2.05) is 24.3 Å². The molecule has 174 valence electrons. The highest BCUT2D eigenvalue weighted by Gasteiger charge is 2.52. The minimum absolute atomic E-state index is 0.0698. The average molecular weight is 453 g/mol. The van der Waals surface area contributed by atoms with Gasteiger partial charge in [0, 0.05) is 31.9 Å². The van der Waals surface area contributed by atoms with Crippen molar-refractivity contribution in [1.29, 1.82) is 0 Å². The van der Waals surface area contributed by atoms with Gasteiger partial charge >= 0.3 is 6.03 Å². The van der Waals surface area contributed by atoms with Crippen LogP contribution in [0.5, 0.6) is 5.75 Å². The Hall–Kier alpha value is -3.62. The lowest BCUT2D eigenvalue weighted by atomic mass is 9.78. The molecule has 9 heteroatoms. The first-order valence-electron chi connectivity index (χ1n) is 11.1. The normalized spacial score (nSPS) is 21.3. The summed E-state index contributed by atoms with van der Waals surface area (Å²) < 4.78 is 5.16. The molecule has 4 amide bonds. The Bertz CT molecular complexity index is 1080. The highest BCUT2D eigenvalue weighted by atomic mass is 16.5. The van der Waals surface area contributed by atoms with Gasteiger partial charge in [-0.05, 0) is 55.9 Å². The van der Waals surface area contributed by atoms with Gasteiger partial charge in [0.2, 0.25) is 5.56 Å². The molecule has 2 N–H and O–H groups in total. The minimum Gasteiger partial charge on any atom is -0.497 e. The number of ether oxygens (including phenoxy) is 1. The van der Waals surface area contributed by atoms with Crippen LogP contribution in [0.3, 0.4) is 0 Å². The smallest absolute Gasteiger partial charge is 0.325 e. The highest BCUT2D eigenvalue weighted by molar-refractivity contribution is 6.07. The number of hydrogen-bond donors (Lipinski definition) is 2. The summed E-state index contributed by atoms with van der Waals surface area (Å²) >= 11 is 0. The lowest BCUT2D eigenvalue weighted by Gasteiger charge is -2.38. The molecular weight excluding hydrogens is 424 g/mol. The summed E-state index contributed by atoms with van der Waals surface area (Å²) in [5, 5.41) is 2.91. The number of piperidine rings is 1. The third-order valence-corrected chi connectivity index (χ3v) is 6.71. The Morgan fingerprint density at radius 1 is 1.09 bits per heavy atom. The molecular formula is C24H28N4O5. The van der Waals surface area contributed by atoms with Crippen LogP contribution in [-0.2, 0) is 11.2 Å². The molecule has 2 saturated heterocycles. The summed E-state index contributed by atoms with van der Waals surface area (Å²) in [4.78, 5) is 55.3. The number of benzene rings is 1. The van der Waals surface area contributed by atoms with Crippen LogP contribution in [0, 0.1) is 5.92 Å². The number of aromatic amines is 1. The first-order valence-corrected chi connectivity index (χ1v) is 11.1. The van der Waals surface area contributed by atoms with Crippen LogP contribution < -0.4 is 15.6 Å². The largest absolute Gasteiger partial charge is 0.497 e. The molecule has 3 heterocycles. The van der Waals surface area contributed by atoms with Crippen molar-refractivity contribution in [3.63, 3.8) is 0 Å². The number of likely N-dealkylation sites (tertiary alicyclic amines) is 1. The maximum Gasteiger partial charge on any atom is 0.325 e. The maximum absolute atomic E-state index is 13.2. The Balaban J connectivity index is 1.36. The number of carbonyl (C=O) groups is 3. The van der Waals surface area contributed by atoms with Crippen molar-refractivity contribution in [2.45, 2.75) is 31.7 Å². The zero-order valence-corrected chi connectivity index (χ0v) is 18.8. The number of nitrogens with zero attached hydrogens (tertiary/aromatic N) is 2. The molecule has 9 nitrogen and oxygen atoms in total. The predicted octanol–water partition coefficient (Wildman–Crippen LogP) is 1.79. The number of hydrogen-bond acceptors (Lipinski definition) is 5. The van der Waals surface area contributed by atoms with Crippen LogP contribution in [0.25, 0.3) is 0 Å².